The summed E-state index contributed by atoms with van der Waals surface area (Å²) < 4.78 is 0.763. The van der Waals surface area contributed by atoms with Gasteiger partial charge in [-0.05, 0) is 46.0 Å². The van der Waals surface area contributed by atoms with Gasteiger partial charge in [-0.25, -0.2) is 0 Å². The van der Waals surface area contributed by atoms with Crippen molar-refractivity contribution in [2.75, 3.05) is 0 Å². The van der Waals surface area contributed by atoms with Gasteiger partial charge in [0.25, 0.3) is 0 Å². The topological polar surface area (TPSA) is 72.5 Å². The van der Waals surface area contributed by atoms with Gasteiger partial charge in [0.15, 0.2) is 0 Å². The fraction of sp³-hybridized carbons (Fsp3) is 0. The lowest BCUT2D eigenvalue weighted by Crippen LogP contribution is -2.10. The first kappa shape index (κ1) is 9.11. The monoisotopic (exact) mass is 276 g/mol. The van der Waals surface area contributed by atoms with Gasteiger partial charge in [-0.15, -0.1) is 4.91 Å². The van der Waals surface area contributed by atoms with Gasteiger partial charge >= 0.3 is 0 Å². The maximum absolute atomic E-state index is 10.7. The number of nitrogens with two attached hydrogens (primary N) is 1. The number of hydrogen-bond acceptors (Lipinski definition) is 3. The summed E-state index contributed by atoms with van der Waals surface area (Å²) in [6, 6.07) is 4.52. The number of hydrogen-bond donors (Lipinski definition) is 1. The van der Waals surface area contributed by atoms with E-state index in [0.29, 0.717) is 5.56 Å². The Kier molecular flexibility index (Phi) is 2.74. The molecule has 0 unspecified atom stereocenters. The number of carbonyl (C=O) groups excluding carboxylic acids is 1. The molecular formula is C7H5IN2O2. The summed E-state index contributed by atoms with van der Waals surface area (Å²) in [7, 11) is 0. The summed E-state index contributed by atoms with van der Waals surface area (Å²) in [5.74, 6) is -0.557. The third-order valence-electron chi connectivity index (χ3n) is 1.27. The average Bonchev–Trinajstić information content (AvgIpc) is 2.03. The van der Waals surface area contributed by atoms with Crippen LogP contribution in [0.2, 0.25) is 0 Å². The number of rotatable bonds is 2. The quantitative estimate of drug-likeness (QED) is 0.660. The average molecular weight is 276 g/mol. The molecule has 0 saturated carbocycles. The Morgan fingerprint density at radius 2 is 2.08 bits per heavy atom. The number of nitrogens with zero attached hydrogens (tertiary/aromatic N) is 1. The summed E-state index contributed by atoms with van der Waals surface area (Å²) in [6.45, 7) is 0. The molecule has 5 heteroatoms. The van der Waals surface area contributed by atoms with Crippen molar-refractivity contribution in [3.05, 3.63) is 32.2 Å². The van der Waals surface area contributed by atoms with E-state index in [4.69, 9.17) is 5.73 Å². The van der Waals surface area contributed by atoms with Gasteiger partial charge in [0.1, 0.15) is 5.69 Å². The lowest BCUT2D eigenvalue weighted by molar-refractivity contribution is 0.100. The minimum atomic E-state index is -0.557. The lowest BCUT2D eigenvalue weighted by atomic mass is 10.2. The molecule has 2 N–H and O–H groups in total. The molecule has 0 aliphatic heterocycles. The minimum absolute atomic E-state index is 0.218. The number of amides is 1. The standard InChI is InChI=1S/C7H5IN2O2/c8-5-1-4(7(9)11)2-6(3-5)10-12/h1-3H,(H2,9,11). The molecule has 0 spiro atoms. The molecule has 0 heterocycles. The Balaban J connectivity index is 3.23. The van der Waals surface area contributed by atoms with Gasteiger partial charge in [0.05, 0.1) is 0 Å². The summed E-state index contributed by atoms with van der Waals surface area (Å²) in [6.07, 6.45) is 0. The van der Waals surface area contributed by atoms with E-state index in [1.165, 1.54) is 6.07 Å². The van der Waals surface area contributed by atoms with E-state index in [1.807, 2.05) is 22.6 Å². The van der Waals surface area contributed by atoms with Crippen LogP contribution in [0.1, 0.15) is 10.4 Å². The number of halogens is 1. The maximum atomic E-state index is 10.7. The SMILES string of the molecule is NC(=O)c1cc(I)cc(N=O)c1. The Morgan fingerprint density at radius 3 is 2.58 bits per heavy atom. The zero-order valence-corrected chi connectivity index (χ0v) is 8.11. The highest BCUT2D eigenvalue weighted by molar-refractivity contribution is 14.1. The molecule has 0 aliphatic carbocycles. The first-order valence-electron chi connectivity index (χ1n) is 3.07. The number of primary amides is 1. The van der Waals surface area contributed by atoms with Crippen molar-refractivity contribution in [3.63, 3.8) is 0 Å². The van der Waals surface area contributed by atoms with E-state index < -0.39 is 5.91 Å². The van der Waals surface area contributed by atoms with Crippen LogP contribution in [0, 0.1) is 8.48 Å². The molecule has 4 nitrogen and oxygen atoms in total. The van der Waals surface area contributed by atoms with Gasteiger partial charge in [-0.1, -0.05) is 0 Å². The van der Waals surface area contributed by atoms with Crippen molar-refractivity contribution in [3.8, 4) is 0 Å². The highest BCUT2D eigenvalue weighted by Crippen LogP contribution is 2.18. The lowest BCUT2D eigenvalue weighted by Gasteiger charge is -1.96. The van der Waals surface area contributed by atoms with Crippen LogP contribution in [0.25, 0.3) is 0 Å². The van der Waals surface area contributed by atoms with Gasteiger partial charge < -0.3 is 5.73 Å². The fourth-order valence-electron chi connectivity index (χ4n) is 0.769. The second kappa shape index (κ2) is 3.61. The van der Waals surface area contributed by atoms with Crippen LogP contribution in [-0.2, 0) is 0 Å². The van der Waals surface area contributed by atoms with Crippen LogP contribution >= 0.6 is 22.6 Å². The van der Waals surface area contributed by atoms with E-state index >= 15 is 0 Å². The van der Waals surface area contributed by atoms with Crippen molar-refractivity contribution in [2.45, 2.75) is 0 Å². The Hall–Kier alpha value is -0.980. The predicted octanol–water partition coefficient (Wildman–Crippen LogP) is 1.79. The van der Waals surface area contributed by atoms with Gasteiger partial charge in [-0.3, -0.25) is 4.79 Å². The van der Waals surface area contributed by atoms with Crippen molar-refractivity contribution in [1.29, 1.82) is 0 Å². The van der Waals surface area contributed by atoms with Crippen LogP contribution in [0.3, 0.4) is 0 Å². The summed E-state index contributed by atoms with van der Waals surface area (Å²) in [4.78, 5) is 20.8. The number of nitroso groups, excluding NO2 is 1. The zero-order chi connectivity index (χ0) is 9.14. The maximum Gasteiger partial charge on any atom is 0.248 e. The zero-order valence-electron chi connectivity index (χ0n) is 5.95. The summed E-state index contributed by atoms with van der Waals surface area (Å²) in [5.41, 5.74) is 5.54. The second-order valence-electron chi connectivity index (χ2n) is 2.15. The smallest absolute Gasteiger partial charge is 0.248 e. The number of carbonyl (C=O) groups is 1. The van der Waals surface area contributed by atoms with Crippen LogP contribution in [0.4, 0.5) is 5.69 Å². The summed E-state index contributed by atoms with van der Waals surface area (Å²) >= 11 is 1.98. The van der Waals surface area contributed by atoms with Gasteiger partial charge in [0, 0.05) is 9.13 Å². The van der Waals surface area contributed by atoms with Crippen LogP contribution in [-0.4, -0.2) is 5.91 Å². The van der Waals surface area contributed by atoms with Crippen LogP contribution in [0.15, 0.2) is 23.4 Å². The van der Waals surface area contributed by atoms with E-state index in [0.717, 1.165) is 3.57 Å². The van der Waals surface area contributed by atoms with E-state index in [9.17, 15) is 9.70 Å². The van der Waals surface area contributed by atoms with Gasteiger partial charge in [0.2, 0.25) is 5.91 Å². The first-order chi connectivity index (χ1) is 5.63. The number of benzene rings is 1. The molecule has 0 aliphatic rings. The first-order valence-corrected chi connectivity index (χ1v) is 4.15. The molecule has 1 aromatic carbocycles. The highest BCUT2D eigenvalue weighted by atomic mass is 127. The van der Waals surface area contributed by atoms with E-state index in [2.05, 4.69) is 5.18 Å². The van der Waals surface area contributed by atoms with Crippen molar-refractivity contribution in [2.24, 2.45) is 10.9 Å². The molecule has 62 valence electrons. The van der Waals surface area contributed by atoms with E-state index in [1.54, 1.807) is 12.1 Å². The normalized spacial score (nSPS) is 9.42. The Labute approximate surface area is 82.3 Å². The van der Waals surface area contributed by atoms with Crippen molar-refractivity contribution < 1.29 is 4.79 Å². The van der Waals surface area contributed by atoms with E-state index in [-0.39, 0.29) is 5.69 Å². The highest BCUT2D eigenvalue weighted by Gasteiger charge is 2.03. The summed E-state index contributed by atoms with van der Waals surface area (Å²) in [5, 5.41) is 2.71. The van der Waals surface area contributed by atoms with Gasteiger partial charge in [-0.2, -0.15) is 0 Å². The molecular weight excluding hydrogens is 271 g/mol. The molecule has 0 saturated heterocycles. The molecule has 0 atom stereocenters. The Bertz CT molecular complexity index is 338. The molecule has 0 fully saturated rings. The van der Waals surface area contributed by atoms with Crippen LogP contribution < -0.4 is 5.73 Å². The fourth-order valence-corrected chi connectivity index (χ4v) is 1.42. The molecule has 1 aromatic rings. The minimum Gasteiger partial charge on any atom is -0.366 e. The molecule has 1 rings (SSSR count). The largest absolute Gasteiger partial charge is 0.366 e. The third kappa shape index (κ3) is 2.00. The molecule has 0 bridgehead atoms. The van der Waals surface area contributed by atoms with Crippen LogP contribution in [0.5, 0.6) is 0 Å². The second-order valence-corrected chi connectivity index (χ2v) is 3.40. The molecule has 1 amide bonds. The van der Waals surface area contributed by atoms with Crippen molar-refractivity contribution >= 4 is 34.2 Å². The molecule has 0 aromatic heterocycles. The molecule has 12 heavy (non-hydrogen) atoms. The molecule has 0 radical (unpaired) electrons. The predicted molar refractivity (Wildman–Crippen MR) is 53.1 cm³/mol. The Morgan fingerprint density at radius 1 is 1.42 bits per heavy atom. The third-order valence-corrected chi connectivity index (χ3v) is 1.90. The van der Waals surface area contributed by atoms with Crippen molar-refractivity contribution in [1.82, 2.24) is 0 Å².